The standard InChI is InChI=1S/C16H19FN2O4/c1-16(7-8-20,10-22-2)18-15(21)13-9-14(23-19-13)11-3-5-12(17)6-4-11/h3-6,9,20H,7-8,10H2,1-2H3,(H,18,21). The van der Waals surface area contributed by atoms with Crippen LogP contribution in [0.15, 0.2) is 34.9 Å². The van der Waals surface area contributed by atoms with Crippen LogP contribution in [0.4, 0.5) is 4.39 Å². The van der Waals surface area contributed by atoms with Crippen molar-refractivity contribution in [3.8, 4) is 11.3 Å². The predicted octanol–water partition coefficient (Wildman–Crippen LogP) is 2.00. The molecule has 6 nitrogen and oxygen atoms in total. The van der Waals surface area contributed by atoms with E-state index in [1.807, 2.05) is 0 Å². The third-order valence-corrected chi connectivity index (χ3v) is 3.41. The third kappa shape index (κ3) is 4.37. The van der Waals surface area contributed by atoms with Gasteiger partial charge in [0, 0.05) is 25.3 Å². The molecule has 1 amide bonds. The second-order valence-corrected chi connectivity index (χ2v) is 5.50. The number of ether oxygens (including phenoxy) is 1. The maximum atomic E-state index is 12.9. The predicted molar refractivity (Wildman–Crippen MR) is 81.3 cm³/mol. The molecule has 0 radical (unpaired) electrons. The maximum absolute atomic E-state index is 12.9. The SMILES string of the molecule is COCC(C)(CCO)NC(=O)c1cc(-c2ccc(F)cc2)on1. The smallest absolute Gasteiger partial charge is 0.273 e. The topological polar surface area (TPSA) is 84.6 Å². The summed E-state index contributed by atoms with van der Waals surface area (Å²) in [5.74, 6) is -0.425. The van der Waals surface area contributed by atoms with Gasteiger partial charge in [-0.2, -0.15) is 0 Å². The Morgan fingerprint density at radius 1 is 1.43 bits per heavy atom. The maximum Gasteiger partial charge on any atom is 0.273 e. The number of methoxy groups -OCH3 is 1. The number of rotatable bonds is 7. The Morgan fingerprint density at radius 3 is 2.74 bits per heavy atom. The number of hydrogen-bond donors (Lipinski definition) is 2. The molecule has 2 rings (SSSR count). The minimum absolute atomic E-state index is 0.0835. The molecule has 1 unspecified atom stereocenters. The van der Waals surface area contributed by atoms with Crippen molar-refractivity contribution in [2.45, 2.75) is 18.9 Å². The summed E-state index contributed by atoms with van der Waals surface area (Å²) in [5, 5.41) is 15.6. The summed E-state index contributed by atoms with van der Waals surface area (Å²) < 4.78 is 23.1. The van der Waals surface area contributed by atoms with Crippen LogP contribution in [0.5, 0.6) is 0 Å². The van der Waals surface area contributed by atoms with Crippen LogP contribution in [0.3, 0.4) is 0 Å². The fraction of sp³-hybridized carbons (Fsp3) is 0.375. The first-order valence-corrected chi connectivity index (χ1v) is 7.12. The highest BCUT2D eigenvalue weighted by atomic mass is 19.1. The molecule has 0 aliphatic carbocycles. The molecule has 0 aliphatic heterocycles. The Hall–Kier alpha value is -2.25. The lowest BCUT2D eigenvalue weighted by molar-refractivity contribution is 0.0718. The summed E-state index contributed by atoms with van der Waals surface area (Å²) in [6.07, 6.45) is 0.343. The lowest BCUT2D eigenvalue weighted by Crippen LogP contribution is -2.50. The first-order valence-electron chi connectivity index (χ1n) is 7.12. The molecule has 2 aromatic rings. The van der Waals surface area contributed by atoms with Crippen molar-refractivity contribution in [1.29, 1.82) is 0 Å². The number of nitrogens with one attached hydrogen (secondary N) is 1. The number of aromatic nitrogens is 1. The first kappa shape index (κ1) is 17.1. The van der Waals surface area contributed by atoms with Gasteiger partial charge in [-0.1, -0.05) is 5.16 Å². The van der Waals surface area contributed by atoms with Gasteiger partial charge >= 0.3 is 0 Å². The number of hydrogen-bond acceptors (Lipinski definition) is 5. The van der Waals surface area contributed by atoms with Crippen LogP contribution in [-0.4, -0.2) is 42.0 Å². The number of benzene rings is 1. The summed E-state index contributed by atoms with van der Waals surface area (Å²) in [4.78, 5) is 12.3. The highest BCUT2D eigenvalue weighted by Gasteiger charge is 2.27. The van der Waals surface area contributed by atoms with Crippen molar-refractivity contribution in [2.24, 2.45) is 0 Å². The van der Waals surface area contributed by atoms with Crippen LogP contribution in [-0.2, 0) is 4.74 Å². The minimum atomic E-state index is -0.713. The highest BCUT2D eigenvalue weighted by molar-refractivity contribution is 5.93. The van der Waals surface area contributed by atoms with Gasteiger partial charge in [-0.25, -0.2) is 4.39 Å². The van der Waals surface area contributed by atoms with Gasteiger partial charge in [0.25, 0.3) is 5.91 Å². The molecule has 1 aromatic heterocycles. The average molecular weight is 322 g/mol. The van der Waals surface area contributed by atoms with Gasteiger partial charge in [0.2, 0.25) is 0 Å². The first-order chi connectivity index (χ1) is 11.0. The number of aliphatic hydroxyl groups excluding tert-OH is 1. The molecule has 0 saturated carbocycles. The zero-order valence-corrected chi connectivity index (χ0v) is 13.0. The zero-order valence-electron chi connectivity index (χ0n) is 13.0. The number of nitrogens with zero attached hydrogens (tertiary/aromatic N) is 1. The molecule has 1 aromatic carbocycles. The molecule has 1 atom stereocenters. The van der Waals surface area contributed by atoms with E-state index in [9.17, 15) is 9.18 Å². The van der Waals surface area contributed by atoms with Gasteiger partial charge in [0.15, 0.2) is 11.5 Å². The van der Waals surface area contributed by atoms with E-state index in [0.29, 0.717) is 17.7 Å². The molecule has 2 N–H and O–H groups in total. The Labute approximate surface area is 133 Å². The van der Waals surface area contributed by atoms with Gasteiger partial charge in [-0.15, -0.1) is 0 Å². The lowest BCUT2D eigenvalue weighted by atomic mass is 9.99. The average Bonchev–Trinajstić information content (AvgIpc) is 2.98. The molecular weight excluding hydrogens is 303 g/mol. The van der Waals surface area contributed by atoms with Crippen molar-refractivity contribution in [3.63, 3.8) is 0 Å². The van der Waals surface area contributed by atoms with Crippen LogP contribution in [0.2, 0.25) is 0 Å². The summed E-state index contributed by atoms with van der Waals surface area (Å²) in [5.41, 5.74) is 0.00723. The molecular formula is C16H19FN2O4. The summed E-state index contributed by atoms with van der Waals surface area (Å²) >= 11 is 0. The minimum Gasteiger partial charge on any atom is -0.396 e. The van der Waals surface area contributed by atoms with E-state index in [1.54, 1.807) is 19.1 Å². The second kappa shape index (κ2) is 7.34. The molecule has 1 heterocycles. The van der Waals surface area contributed by atoms with Crippen molar-refractivity contribution < 1.29 is 23.6 Å². The van der Waals surface area contributed by atoms with Gasteiger partial charge in [-0.3, -0.25) is 4.79 Å². The van der Waals surface area contributed by atoms with Crippen LogP contribution in [0, 0.1) is 5.82 Å². The van der Waals surface area contributed by atoms with Gasteiger partial charge in [0.05, 0.1) is 12.1 Å². The quantitative estimate of drug-likeness (QED) is 0.814. The molecule has 0 spiro atoms. The van der Waals surface area contributed by atoms with Gasteiger partial charge < -0.3 is 19.7 Å². The largest absolute Gasteiger partial charge is 0.396 e. The van der Waals surface area contributed by atoms with Crippen LogP contribution in [0.1, 0.15) is 23.8 Å². The Kier molecular flexibility index (Phi) is 5.46. The third-order valence-electron chi connectivity index (χ3n) is 3.41. The summed E-state index contributed by atoms with van der Waals surface area (Å²) in [6, 6.07) is 7.16. The van der Waals surface area contributed by atoms with Crippen molar-refractivity contribution in [1.82, 2.24) is 10.5 Å². The number of aliphatic hydroxyl groups is 1. The van der Waals surface area contributed by atoms with E-state index in [0.717, 1.165) is 0 Å². The number of carbonyl (C=O) groups excluding carboxylic acids is 1. The molecule has 0 aliphatic rings. The number of amides is 1. The normalized spacial score (nSPS) is 13.6. The molecule has 0 saturated heterocycles. The van der Waals surface area contributed by atoms with Crippen LogP contribution >= 0.6 is 0 Å². The van der Waals surface area contributed by atoms with Crippen molar-refractivity contribution in [2.75, 3.05) is 20.3 Å². The summed E-state index contributed by atoms with van der Waals surface area (Å²) in [6.45, 7) is 1.94. The molecule has 124 valence electrons. The highest BCUT2D eigenvalue weighted by Crippen LogP contribution is 2.21. The number of halogens is 1. The van der Waals surface area contributed by atoms with E-state index < -0.39 is 11.4 Å². The zero-order chi connectivity index (χ0) is 16.9. The van der Waals surface area contributed by atoms with E-state index >= 15 is 0 Å². The van der Waals surface area contributed by atoms with Crippen molar-refractivity contribution in [3.05, 3.63) is 41.8 Å². The fourth-order valence-electron chi connectivity index (χ4n) is 2.21. The number of carbonyl (C=O) groups is 1. The molecule has 0 fully saturated rings. The van der Waals surface area contributed by atoms with E-state index in [-0.39, 0.29) is 24.7 Å². The Balaban J connectivity index is 2.13. The summed E-state index contributed by atoms with van der Waals surface area (Å²) in [7, 11) is 1.52. The second-order valence-electron chi connectivity index (χ2n) is 5.50. The van der Waals surface area contributed by atoms with Crippen LogP contribution < -0.4 is 5.32 Å². The fourth-order valence-corrected chi connectivity index (χ4v) is 2.21. The monoisotopic (exact) mass is 322 g/mol. The molecule has 7 heteroatoms. The lowest BCUT2D eigenvalue weighted by Gasteiger charge is -2.28. The molecule has 23 heavy (non-hydrogen) atoms. The Bertz CT molecular complexity index is 648. The van der Waals surface area contributed by atoms with E-state index in [2.05, 4.69) is 10.5 Å². The van der Waals surface area contributed by atoms with Crippen molar-refractivity contribution >= 4 is 5.91 Å². The van der Waals surface area contributed by atoms with E-state index in [4.69, 9.17) is 14.4 Å². The molecule has 0 bridgehead atoms. The van der Waals surface area contributed by atoms with E-state index in [1.165, 1.54) is 25.3 Å². The Morgan fingerprint density at radius 2 is 2.13 bits per heavy atom. The van der Waals surface area contributed by atoms with Gasteiger partial charge in [0.1, 0.15) is 5.82 Å². The van der Waals surface area contributed by atoms with Crippen LogP contribution in [0.25, 0.3) is 11.3 Å². The van der Waals surface area contributed by atoms with Gasteiger partial charge in [-0.05, 0) is 37.6 Å².